The molecule has 20 heavy (non-hydrogen) atoms. The molecule has 6 nitrogen and oxygen atoms in total. The van der Waals surface area contributed by atoms with Gasteiger partial charge in [0.15, 0.2) is 0 Å². The van der Waals surface area contributed by atoms with Gasteiger partial charge in [-0.3, -0.25) is 4.90 Å². The van der Waals surface area contributed by atoms with Crippen LogP contribution in [0.15, 0.2) is 0 Å². The molecule has 116 valence electrons. The molecule has 0 radical (unpaired) electrons. The van der Waals surface area contributed by atoms with Crippen molar-refractivity contribution in [1.29, 1.82) is 0 Å². The molecule has 0 aliphatic carbocycles. The number of nitrogens with zero attached hydrogens (tertiary/aromatic N) is 2. The van der Waals surface area contributed by atoms with Crippen molar-refractivity contribution in [3.63, 3.8) is 0 Å². The van der Waals surface area contributed by atoms with Crippen molar-refractivity contribution in [2.75, 3.05) is 19.3 Å². The van der Waals surface area contributed by atoms with Gasteiger partial charge >= 0.3 is 12.0 Å². The fourth-order valence-electron chi connectivity index (χ4n) is 2.32. The second-order valence-electron chi connectivity index (χ2n) is 6.18. The van der Waals surface area contributed by atoms with E-state index in [-0.39, 0.29) is 23.9 Å². The van der Waals surface area contributed by atoms with Crippen molar-refractivity contribution in [3.8, 4) is 0 Å². The maximum absolute atomic E-state index is 12.5. The summed E-state index contributed by atoms with van der Waals surface area (Å²) in [7, 11) is 1.58. The molecule has 1 fully saturated rings. The SMILES string of the molecule is CC(C)C1SCC(C(=O)O)N1C(=O)N(C)CC(C)(C)O. The number of carbonyl (C=O) groups excluding carboxylic acids is 1. The number of thioether (sulfide) groups is 1. The Labute approximate surface area is 124 Å². The first-order chi connectivity index (χ1) is 9.04. The lowest BCUT2D eigenvalue weighted by Crippen LogP contribution is -2.53. The Balaban J connectivity index is 2.92. The number of likely N-dealkylation sites (N-methyl/N-ethyl adjacent to an activating group) is 1. The molecular formula is C13H24N2O4S. The molecule has 1 aliphatic rings. The zero-order valence-electron chi connectivity index (χ0n) is 12.7. The third-order valence-corrected chi connectivity index (χ3v) is 4.68. The summed E-state index contributed by atoms with van der Waals surface area (Å²) in [6.45, 7) is 7.33. The standard InChI is InChI=1S/C13H24N2O4S/c1-8(2)10-15(9(6-20-10)11(16)17)12(18)14(5)7-13(3,4)19/h8-10,19H,6-7H2,1-5H3,(H,16,17). The smallest absolute Gasteiger partial charge is 0.327 e. The molecule has 1 saturated heterocycles. The lowest BCUT2D eigenvalue weighted by Gasteiger charge is -2.35. The minimum Gasteiger partial charge on any atom is -0.480 e. The topological polar surface area (TPSA) is 81.1 Å². The van der Waals surface area contributed by atoms with E-state index in [1.807, 2.05) is 13.8 Å². The van der Waals surface area contributed by atoms with Crippen molar-refractivity contribution in [1.82, 2.24) is 9.80 Å². The Kier molecular flexibility index (Phi) is 5.32. The van der Waals surface area contributed by atoms with E-state index in [9.17, 15) is 19.8 Å². The molecule has 1 aliphatic heterocycles. The van der Waals surface area contributed by atoms with E-state index < -0.39 is 17.6 Å². The second-order valence-corrected chi connectivity index (χ2v) is 7.33. The number of aliphatic carboxylic acids is 1. The number of carboxylic acid groups (broad SMARTS) is 1. The number of rotatable bonds is 4. The third kappa shape index (κ3) is 4.02. The monoisotopic (exact) mass is 304 g/mol. The van der Waals surface area contributed by atoms with Crippen LogP contribution in [0.5, 0.6) is 0 Å². The molecule has 0 aromatic heterocycles. The van der Waals surface area contributed by atoms with Gasteiger partial charge in [-0.2, -0.15) is 0 Å². The molecule has 0 aromatic carbocycles. The maximum atomic E-state index is 12.5. The molecule has 2 amide bonds. The summed E-state index contributed by atoms with van der Waals surface area (Å²) in [6.07, 6.45) is 0. The normalized spacial score (nSPS) is 23.2. The third-order valence-electron chi connectivity index (χ3n) is 3.06. The van der Waals surface area contributed by atoms with Gasteiger partial charge < -0.3 is 15.1 Å². The van der Waals surface area contributed by atoms with Crippen molar-refractivity contribution in [3.05, 3.63) is 0 Å². The van der Waals surface area contributed by atoms with Gasteiger partial charge in [-0.15, -0.1) is 11.8 Å². The van der Waals surface area contributed by atoms with Crippen molar-refractivity contribution < 1.29 is 19.8 Å². The van der Waals surface area contributed by atoms with Crippen LogP contribution in [0.2, 0.25) is 0 Å². The minimum absolute atomic E-state index is 0.146. The molecule has 0 saturated carbocycles. The molecule has 2 unspecified atom stereocenters. The molecule has 0 bridgehead atoms. The fraction of sp³-hybridized carbons (Fsp3) is 0.846. The summed E-state index contributed by atoms with van der Waals surface area (Å²) in [5.74, 6) is -0.408. The fourth-order valence-corrected chi connectivity index (χ4v) is 3.78. The highest BCUT2D eigenvalue weighted by molar-refractivity contribution is 8.00. The highest BCUT2D eigenvalue weighted by atomic mass is 32.2. The number of aliphatic hydroxyl groups is 1. The number of carboxylic acids is 1. The van der Waals surface area contributed by atoms with Crippen LogP contribution in [0.3, 0.4) is 0 Å². The van der Waals surface area contributed by atoms with Crippen LogP contribution in [-0.2, 0) is 4.79 Å². The lowest BCUT2D eigenvalue weighted by molar-refractivity contribution is -0.141. The van der Waals surface area contributed by atoms with E-state index in [0.29, 0.717) is 5.75 Å². The Morgan fingerprint density at radius 3 is 2.40 bits per heavy atom. The summed E-state index contributed by atoms with van der Waals surface area (Å²) in [4.78, 5) is 26.7. The van der Waals surface area contributed by atoms with Gasteiger partial charge in [0.2, 0.25) is 0 Å². The van der Waals surface area contributed by atoms with Crippen LogP contribution in [-0.4, -0.2) is 68.4 Å². The van der Waals surface area contributed by atoms with Crippen LogP contribution in [0, 0.1) is 5.92 Å². The minimum atomic E-state index is -1.01. The Morgan fingerprint density at radius 1 is 1.45 bits per heavy atom. The second kappa shape index (κ2) is 6.22. The Bertz CT molecular complexity index is 381. The van der Waals surface area contributed by atoms with Gasteiger partial charge in [-0.1, -0.05) is 13.8 Å². The molecule has 0 spiro atoms. The molecule has 7 heteroatoms. The first kappa shape index (κ1) is 17.1. The first-order valence-corrected chi connectivity index (χ1v) is 7.69. The van der Waals surface area contributed by atoms with Gasteiger partial charge in [0.25, 0.3) is 0 Å². The van der Waals surface area contributed by atoms with E-state index in [4.69, 9.17) is 0 Å². The van der Waals surface area contributed by atoms with Crippen LogP contribution in [0.4, 0.5) is 4.79 Å². The highest BCUT2D eigenvalue weighted by Crippen LogP contribution is 2.34. The van der Waals surface area contributed by atoms with Crippen molar-refractivity contribution >= 4 is 23.8 Å². The number of hydrogen-bond acceptors (Lipinski definition) is 4. The van der Waals surface area contributed by atoms with Gasteiger partial charge in [-0.25, -0.2) is 9.59 Å². The average molecular weight is 304 g/mol. The highest BCUT2D eigenvalue weighted by Gasteiger charge is 2.44. The van der Waals surface area contributed by atoms with E-state index in [1.54, 1.807) is 20.9 Å². The van der Waals surface area contributed by atoms with Crippen LogP contribution < -0.4 is 0 Å². The van der Waals surface area contributed by atoms with Gasteiger partial charge in [0.05, 0.1) is 17.5 Å². The van der Waals surface area contributed by atoms with Gasteiger partial charge in [0.1, 0.15) is 6.04 Å². The van der Waals surface area contributed by atoms with E-state index in [2.05, 4.69) is 0 Å². The van der Waals surface area contributed by atoms with Crippen LogP contribution in [0.1, 0.15) is 27.7 Å². The van der Waals surface area contributed by atoms with Crippen molar-refractivity contribution in [2.45, 2.75) is 44.7 Å². The zero-order valence-corrected chi connectivity index (χ0v) is 13.5. The number of carbonyl (C=O) groups is 2. The zero-order chi connectivity index (χ0) is 15.7. The Hall–Kier alpha value is -0.950. The lowest BCUT2D eigenvalue weighted by atomic mass is 10.1. The molecule has 0 aromatic rings. The summed E-state index contributed by atoms with van der Waals surface area (Å²) in [5.41, 5.74) is -1.01. The first-order valence-electron chi connectivity index (χ1n) is 6.65. The van der Waals surface area contributed by atoms with E-state index in [0.717, 1.165) is 0 Å². The Morgan fingerprint density at radius 2 is 2.00 bits per heavy atom. The molecule has 2 atom stereocenters. The molecular weight excluding hydrogens is 280 g/mol. The summed E-state index contributed by atoms with van der Waals surface area (Å²) in [5, 5.41) is 18.9. The van der Waals surface area contributed by atoms with Gasteiger partial charge in [0, 0.05) is 12.8 Å². The largest absolute Gasteiger partial charge is 0.480 e. The quantitative estimate of drug-likeness (QED) is 0.818. The predicted octanol–water partition coefficient (Wildman–Crippen LogP) is 1.29. The molecule has 2 N–H and O–H groups in total. The van der Waals surface area contributed by atoms with Gasteiger partial charge in [-0.05, 0) is 19.8 Å². The summed E-state index contributed by atoms with van der Waals surface area (Å²) < 4.78 is 0. The van der Waals surface area contributed by atoms with E-state index in [1.165, 1.54) is 21.6 Å². The van der Waals surface area contributed by atoms with E-state index >= 15 is 0 Å². The maximum Gasteiger partial charge on any atom is 0.327 e. The van der Waals surface area contributed by atoms with Crippen molar-refractivity contribution in [2.24, 2.45) is 5.92 Å². The van der Waals surface area contributed by atoms with Crippen LogP contribution in [0.25, 0.3) is 0 Å². The summed E-state index contributed by atoms with van der Waals surface area (Å²) >= 11 is 1.49. The summed E-state index contributed by atoms with van der Waals surface area (Å²) in [6, 6.07) is -1.15. The van der Waals surface area contributed by atoms with Crippen LogP contribution >= 0.6 is 11.8 Å². The molecule has 1 rings (SSSR count). The average Bonchev–Trinajstić information content (AvgIpc) is 2.69. The number of amides is 2. The predicted molar refractivity (Wildman–Crippen MR) is 78.7 cm³/mol. The number of hydrogen-bond donors (Lipinski definition) is 2. The number of urea groups is 1. The molecule has 1 heterocycles.